The summed E-state index contributed by atoms with van der Waals surface area (Å²) < 4.78 is 5.29. The summed E-state index contributed by atoms with van der Waals surface area (Å²) >= 11 is 0. The van der Waals surface area contributed by atoms with E-state index < -0.39 is 17.7 Å². The average Bonchev–Trinajstić information content (AvgIpc) is 2.33. The Morgan fingerprint density at radius 2 is 1.68 bits per heavy atom. The normalized spacial score (nSPS) is 17.2. The zero-order chi connectivity index (χ0) is 17.5. The standard InChI is InChI=1S/C17H33NO4/c1-8-13(10-15(19)20)11(3)14(9-2)12(4)18-16(21)22-17(5,6)7/h11-14H,8-10H2,1-7H3,(H,18,21)(H,19,20)/t11-,12-,13?,14+/m0/s1. The van der Waals surface area contributed by atoms with Gasteiger partial charge in [0.15, 0.2) is 0 Å². The first kappa shape index (κ1) is 20.7. The number of hydrogen-bond donors (Lipinski definition) is 2. The van der Waals surface area contributed by atoms with Crippen molar-refractivity contribution in [3.63, 3.8) is 0 Å². The minimum Gasteiger partial charge on any atom is -0.481 e. The predicted molar refractivity (Wildman–Crippen MR) is 87.8 cm³/mol. The van der Waals surface area contributed by atoms with E-state index in [0.29, 0.717) is 0 Å². The van der Waals surface area contributed by atoms with E-state index >= 15 is 0 Å². The molecule has 0 saturated heterocycles. The van der Waals surface area contributed by atoms with Crippen molar-refractivity contribution < 1.29 is 19.4 Å². The van der Waals surface area contributed by atoms with Crippen LogP contribution in [-0.2, 0) is 9.53 Å². The summed E-state index contributed by atoms with van der Waals surface area (Å²) in [5.74, 6) is -0.209. The van der Waals surface area contributed by atoms with E-state index in [1.807, 2.05) is 34.6 Å². The lowest BCUT2D eigenvalue weighted by Crippen LogP contribution is -2.44. The topological polar surface area (TPSA) is 75.6 Å². The molecule has 0 aromatic heterocycles. The van der Waals surface area contributed by atoms with Crippen molar-refractivity contribution in [1.82, 2.24) is 5.32 Å². The van der Waals surface area contributed by atoms with E-state index in [4.69, 9.17) is 9.84 Å². The molecule has 1 unspecified atom stereocenters. The van der Waals surface area contributed by atoms with Gasteiger partial charge >= 0.3 is 12.1 Å². The number of carbonyl (C=O) groups excluding carboxylic acids is 1. The van der Waals surface area contributed by atoms with Crippen molar-refractivity contribution in [2.45, 2.75) is 79.4 Å². The molecule has 1 amide bonds. The lowest BCUT2D eigenvalue weighted by atomic mass is 9.75. The average molecular weight is 315 g/mol. The van der Waals surface area contributed by atoms with Crippen LogP contribution in [0, 0.1) is 17.8 Å². The Balaban J connectivity index is 4.78. The van der Waals surface area contributed by atoms with Gasteiger partial charge in [-0.05, 0) is 45.4 Å². The van der Waals surface area contributed by atoms with Crippen molar-refractivity contribution in [1.29, 1.82) is 0 Å². The number of rotatable bonds is 8. The smallest absolute Gasteiger partial charge is 0.407 e. The van der Waals surface area contributed by atoms with Crippen LogP contribution in [0.5, 0.6) is 0 Å². The van der Waals surface area contributed by atoms with Crippen molar-refractivity contribution >= 4 is 12.1 Å². The van der Waals surface area contributed by atoms with Crippen molar-refractivity contribution in [3.8, 4) is 0 Å². The Morgan fingerprint density at radius 3 is 2.05 bits per heavy atom. The van der Waals surface area contributed by atoms with Crippen LogP contribution >= 0.6 is 0 Å². The van der Waals surface area contributed by atoms with Crippen LogP contribution < -0.4 is 5.32 Å². The molecule has 2 N–H and O–H groups in total. The van der Waals surface area contributed by atoms with E-state index in [1.54, 1.807) is 0 Å². The third-order valence-electron chi connectivity index (χ3n) is 4.24. The van der Waals surface area contributed by atoms with Crippen LogP contribution in [0.4, 0.5) is 4.79 Å². The first-order valence-electron chi connectivity index (χ1n) is 8.23. The molecular formula is C17H33NO4. The number of amides is 1. The van der Waals surface area contributed by atoms with Crippen molar-refractivity contribution in [2.24, 2.45) is 17.8 Å². The maximum Gasteiger partial charge on any atom is 0.407 e. The summed E-state index contributed by atoms with van der Waals surface area (Å²) in [7, 11) is 0. The van der Waals surface area contributed by atoms with Gasteiger partial charge < -0.3 is 15.2 Å². The third kappa shape index (κ3) is 7.66. The third-order valence-corrected chi connectivity index (χ3v) is 4.24. The molecule has 4 atom stereocenters. The summed E-state index contributed by atoms with van der Waals surface area (Å²) in [6.45, 7) is 13.6. The number of ether oxygens (including phenoxy) is 1. The number of aliphatic carboxylic acids is 1. The maximum absolute atomic E-state index is 11.9. The monoisotopic (exact) mass is 315 g/mol. The van der Waals surface area contributed by atoms with Gasteiger partial charge in [-0.2, -0.15) is 0 Å². The highest BCUT2D eigenvalue weighted by molar-refractivity contribution is 5.68. The van der Waals surface area contributed by atoms with E-state index in [1.165, 1.54) is 0 Å². The number of hydrogen-bond acceptors (Lipinski definition) is 3. The van der Waals surface area contributed by atoms with Gasteiger partial charge in [0.25, 0.3) is 0 Å². The summed E-state index contributed by atoms with van der Waals surface area (Å²) in [6, 6.07) is -0.0577. The second kappa shape index (κ2) is 9.01. The second-order valence-corrected chi connectivity index (χ2v) is 7.13. The molecule has 0 heterocycles. The Morgan fingerprint density at radius 1 is 1.14 bits per heavy atom. The molecule has 0 aliphatic carbocycles. The van der Waals surface area contributed by atoms with Gasteiger partial charge in [-0.3, -0.25) is 4.79 Å². The number of carboxylic acids is 1. The highest BCUT2D eigenvalue weighted by atomic mass is 16.6. The quantitative estimate of drug-likeness (QED) is 0.708. The van der Waals surface area contributed by atoms with E-state index in [0.717, 1.165) is 12.8 Å². The molecule has 130 valence electrons. The van der Waals surface area contributed by atoms with Crippen molar-refractivity contribution in [2.75, 3.05) is 0 Å². The zero-order valence-electron chi connectivity index (χ0n) is 15.1. The van der Waals surface area contributed by atoms with Gasteiger partial charge in [0, 0.05) is 12.5 Å². The molecule has 0 saturated carbocycles. The van der Waals surface area contributed by atoms with Crippen LogP contribution in [0.1, 0.15) is 67.7 Å². The molecule has 0 rings (SSSR count). The zero-order valence-corrected chi connectivity index (χ0v) is 15.1. The van der Waals surface area contributed by atoms with Gasteiger partial charge in [-0.15, -0.1) is 0 Å². The Kier molecular flexibility index (Phi) is 8.49. The second-order valence-electron chi connectivity index (χ2n) is 7.13. The predicted octanol–water partition coefficient (Wildman–Crippen LogP) is 4.06. The molecule has 0 fully saturated rings. The van der Waals surface area contributed by atoms with Crippen LogP contribution in [-0.4, -0.2) is 28.8 Å². The van der Waals surface area contributed by atoms with Gasteiger partial charge in [0.2, 0.25) is 0 Å². The number of nitrogens with one attached hydrogen (secondary N) is 1. The van der Waals surface area contributed by atoms with Crippen molar-refractivity contribution in [3.05, 3.63) is 0 Å². The minimum atomic E-state index is -0.763. The van der Waals surface area contributed by atoms with E-state index in [-0.39, 0.29) is 30.2 Å². The van der Waals surface area contributed by atoms with Gasteiger partial charge in [0.1, 0.15) is 5.60 Å². The molecule has 5 nitrogen and oxygen atoms in total. The first-order valence-corrected chi connectivity index (χ1v) is 8.23. The summed E-state index contributed by atoms with van der Waals surface area (Å²) in [5, 5.41) is 11.9. The van der Waals surface area contributed by atoms with Crippen LogP contribution in [0.25, 0.3) is 0 Å². The molecule has 0 aromatic rings. The highest BCUT2D eigenvalue weighted by Gasteiger charge is 2.30. The van der Waals surface area contributed by atoms with Crippen LogP contribution in [0.15, 0.2) is 0 Å². The Hall–Kier alpha value is -1.26. The van der Waals surface area contributed by atoms with E-state index in [9.17, 15) is 9.59 Å². The molecule has 0 aliphatic heterocycles. The van der Waals surface area contributed by atoms with Crippen LogP contribution in [0.3, 0.4) is 0 Å². The Bertz CT molecular complexity index is 362. The largest absolute Gasteiger partial charge is 0.481 e. The lowest BCUT2D eigenvalue weighted by Gasteiger charge is -2.34. The first-order chi connectivity index (χ1) is 10.0. The lowest BCUT2D eigenvalue weighted by molar-refractivity contribution is -0.138. The van der Waals surface area contributed by atoms with Crippen LogP contribution in [0.2, 0.25) is 0 Å². The molecule has 22 heavy (non-hydrogen) atoms. The molecule has 0 spiro atoms. The van der Waals surface area contributed by atoms with Gasteiger partial charge in [-0.1, -0.05) is 33.6 Å². The SMILES string of the molecule is CCC(CC(=O)O)[C@H](C)[C@@H](CC)[C@H](C)NC(=O)OC(C)(C)C. The summed E-state index contributed by atoms with van der Waals surface area (Å²) in [5.41, 5.74) is -0.521. The number of carboxylic acid groups (broad SMARTS) is 1. The fraction of sp³-hybridized carbons (Fsp3) is 0.882. The molecule has 0 radical (unpaired) electrons. The highest BCUT2D eigenvalue weighted by Crippen LogP contribution is 2.31. The molecule has 0 bridgehead atoms. The maximum atomic E-state index is 11.9. The van der Waals surface area contributed by atoms with Gasteiger partial charge in [-0.25, -0.2) is 4.79 Å². The molecule has 5 heteroatoms. The van der Waals surface area contributed by atoms with Gasteiger partial charge in [0.05, 0.1) is 0 Å². The number of carbonyl (C=O) groups is 2. The fourth-order valence-electron chi connectivity index (χ4n) is 3.06. The summed E-state index contributed by atoms with van der Waals surface area (Å²) in [4.78, 5) is 22.9. The molecular weight excluding hydrogens is 282 g/mol. The van der Waals surface area contributed by atoms with E-state index in [2.05, 4.69) is 19.2 Å². The fourth-order valence-corrected chi connectivity index (χ4v) is 3.06. The Labute approximate surface area is 134 Å². The molecule has 0 aliphatic rings. The summed E-state index contributed by atoms with van der Waals surface area (Å²) in [6.07, 6.45) is 1.46. The molecule has 0 aromatic carbocycles. The number of alkyl carbamates (subject to hydrolysis) is 1. The minimum absolute atomic E-state index is 0.0577.